The molecule has 0 spiro atoms. The first-order chi connectivity index (χ1) is 6.93. The summed E-state index contributed by atoms with van der Waals surface area (Å²) in [4.78, 5) is 2.48. The molecule has 15 heavy (non-hydrogen) atoms. The summed E-state index contributed by atoms with van der Waals surface area (Å²) >= 11 is 2.96. The molecule has 1 rings (SSSR count). The van der Waals surface area contributed by atoms with Gasteiger partial charge in [-0.25, -0.2) is 0 Å². The second-order valence-corrected chi connectivity index (χ2v) is 3.65. The highest BCUT2D eigenvalue weighted by Crippen LogP contribution is 2.32. The van der Waals surface area contributed by atoms with E-state index in [1.54, 1.807) is 0 Å². The molecular weight excluding hydrogens is 275 g/mol. The molecule has 0 aliphatic heterocycles. The predicted molar refractivity (Wildman–Crippen MR) is 52.0 cm³/mol. The van der Waals surface area contributed by atoms with E-state index in [1.165, 1.54) is 6.07 Å². The van der Waals surface area contributed by atoms with Crippen molar-refractivity contribution in [3.63, 3.8) is 0 Å². The second-order valence-electron chi connectivity index (χ2n) is 2.73. The van der Waals surface area contributed by atoms with Crippen molar-refractivity contribution in [1.82, 2.24) is 0 Å². The van der Waals surface area contributed by atoms with Gasteiger partial charge in [-0.2, -0.15) is 13.2 Å². The van der Waals surface area contributed by atoms with Crippen molar-refractivity contribution in [1.29, 1.82) is 0 Å². The minimum atomic E-state index is -4.39. The summed E-state index contributed by atoms with van der Waals surface area (Å²) in [6.45, 7) is -0.0982. The Bertz CT molecular complexity index is 410. The van der Waals surface area contributed by atoms with Gasteiger partial charge >= 0.3 is 6.18 Å². The molecule has 0 aromatic heterocycles. The van der Waals surface area contributed by atoms with Crippen LogP contribution in [0, 0.1) is 0 Å². The molecule has 7 heteroatoms. The van der Waals surface area contributed by atoms with Crippen LogP contribution in [0.4, 0.5) is 13.2 Å². The van der Waals surface area contributed by atoms with Gasteiger partial charge in [0.05, 0.1) is 12.1 Å². The third-order valence-electron chi connectivity index (χ3n) is 1.60. The summed E-state index contributed by atoms with van der Waals surface area (Å²) in [7, 11) is 0. The first-order valence-corrected chi connectivity index (χ1v) is 4.60. The zero-order chi connectivity index (χ0) is 11.5. The Kier molecular flexibility index (Phi) is 3.60. The van der Waals surface area contributed by atoms with E-state index in [-0.39, 0.29) is 6.54 Å². The van der Waals surface area contributed by atoms with Gasteiger partial charge in [0.15, 0.2) is 0 Å². The van der Waals surface area contributed by atoms with Crippen molar-refractivity contribution in [2.75, 3.05) is 0 Å². The fourth-order valence-corrected chi connectivity index (χ4v) is 1.56. The van der Waals surface area contributed by atoms with Crippen molar-refractivity contribution in [2.24, 2.45) is 5.11 Å². The lowest BCUT2D eigenvalue weighted by atomic mass is 10.1. The molecule has 3 nitrogen and oxygen atoms in total. The summed E-state index contributed by atoms with van der Waals surface area (Å²) in [5.41, 5.74) is 7.60. The van der Waals surface area contributed by atoms with Crippen LogP contribution in [0.3, 0.4) is 0 Å². The first-order valence-electron chi connectivity index (χ1n) is 3.81. The minimum absolute atomic E-state index is 0.0982. The smallest absolute Gasteiger partial charge is 0.166 e. The van der Waals surface area contributed by atoms with Gasteiger partial charge in [-0.3, -0.25) is 0 Å². The quantitative estimate of drug-likeness (QED) is 0.441. The Balaban J connectivity index is 3.10. The number of nitrogens with zero attached hydrogens (tertiary/aromatic N) is 3. The third-order valence-corrected chi connectivity index (χ3v) is 2.06. The highest BCUT2D eigenvalue weighted by atomic mass is 79.9. The van der Waals surface area contributed by atoms with Crippen LogP contribution in [-0.2, 0) is 12.7 Å². The van der Waals surface area contributed by atoms with Crippen molar-refractivity contribution in [3.8, 4) is 0 Å². The van der Waals surface area contributed by atoms with E-state index in [0.717, 1.165) is 12.1 Å². The molecule has 0 saturated heterocycles. The highest BCUT2D eigenvalue weighted by molar-refractivity contribution is 9.10. The molecule has 80 valence electrons. The standard InChI is InChI=1S/C8H5BrF3N3/c9-7-2-5(4-14-15-13)1-6(3-7)8(10,11)12/h1-3H,4H2. The first kappa shape index (κ1) is 11.9. The Hall–Kier alpha value is -1.20. The summed E-state index contributed by atoms with van der Waals surface area (Å²) in [5.74, 6) is 0. The summed E-state index contributed by atoms with van der Waals surface area (Å²) < 4.78 is 37.3. The molecule has 0 fully saturated rings. The zero-order valence-corrected chi connectivity index (χ0v) is 8.88. The number of hydrogen-bond acceptors (Lipinski definition) is 1. The lowest BCUT2D eigenvalue weighted by Crippen LogP contribution is -2.05. The molecule has 0 atom stereocenters. The molecule has 0 radical (unpaired) electrons. The van der Waals surface area contributed by atoms with E-state index in [0.29, 0.717) is 10.0 Å². The lowest BCUT2D eigenvalue weighted by molar-refractivity contribution is -0.137. The molecule has 0 unspecified atom stereocenters. The van der Waals surface area contributed by atoms with E-state index < -0.39 is 11.7 Å². The largest absolute Gasteiger partial charge is 0.416 e. The van der Waals surface area contributed by atoms with Crippen molar-refractivity contribution in [2.45, 2.75) is 12.7 Å². The van der Waals surface area contributed by atoms with Crippen LogP contribution in [0.15, 0.2) is 27.8 Å². The zero-order valence-electron chi connectivity index (χ0n) is 7.29. The van der Waals surface area contributed by atoms with E-state index in [9.17, 15) is 13.2 Å². The van der Waals surface area contributed by atoms with Gasteiger partial charge in [-0.05, 0) is 29.3 Å². The molecule has 1 aromatic rings. The lowest BCUT2D eigenvalue weighted by Gasteiger charge is -2.08. The number of alkyl halides is 3. The summed E-state index contributed by atoms with van der Waals surface area (Å²) in [5, 5.41) is 3.20. The average Bonchev–Trinajstić information content (AvgIpc) is 2.12. The number of hydrogen-bond donors (Lipinski definition) is 0. The van der Waals surface area contributed by atoms with E-state index in [1.807, 2.05) is 0 Å². The van der Waals surface area contributed by atoms with Gasteiger partial charge in [0.25, 0.3) is 0 Å². The normalized spacial score (nSPS) is 10.9. The summed E-state index contributed by atoms with van der Waals surface area (Å²) in [6.07, 6.45) is -4.39. The molecule has 1 aromatic carbocycles. The van der Waals surface area contributed by atoms with Gasteiger partial charge in [0, 0.05) is 9.38 Å². The topological polar surface area (TPSA) is 48.8 Å². The maximum atomic E-state index is 12.3. The Morgan fingerprint density at radius 1 is 1.33 bits per heavy atom. The monoisotopic (exact) mass is 279 g/mol. The Labute approximate surface area is 91.7 Å². The minimum Gasteiger partial charge on any atom is -0.166 e. The molecule has 0 heterocycles. The molecule has 0 amide bonds. The van der Waals surface area contributed by atoms with Crippen molar-refractivity contribution >= 4 is 15.9 Å². The molecule has 0 bridgehead atoms. The maximum absolute atomic E-state index is 12.3. The molecule has 0 saturated carbocycles. The van der Waals surface area contributed by atoms with Crippen molar-refractivity contribution in [3.05, 3.63) is 44.2 Å². The fraction of sp³-hybridized carbons (Fsp3) is 0.250. The van der Waals surface area contributed by atoms with E-state index in [2.05, 4.69) is 26.0 Å². The van der Waals surface area contributed by atoms with Crippen LogP contribution in [0.1, 0.15) is 11.1 Å². The van der Waals surface area contributed by atoms with Crippen LogP contribution in [0.25, 0.3) is 10.4 Å². The second kappa shape index (κ2) is 4.55. The molecular formula is C8H5BrF3N3. The van der Waals surface area contributed by atoms with Crippen LogP contribution >= 0.6 is 15.9 Å². The molecule has 0 aliphatic carbocycles. The van der Waals surface area contributed by atoms with Gasteiger partial charge in [0.1, 0.15) is 0 Å². The van der Waals surface area contributed by atoms with E-state index in [4.69, 9.17) is 5.53 Å². The van der Waals surface area contributed by atoms with Crippen molar-refractivity contribution < 1.29 is 13.2 Å². The van der Waals surface area contributed by atoms with Gasteiger partial charge in [-0.1, -0.05) is 21.0 Å². The third kappa shape index (κ3) is 3.45. The Morgan fingerprint density at radius 3 is 2.53 bits per heavy atom. The number of halogens is 4. The summed E-state index contributed by atoms with van der Waals surface area (Å²) in [6, 6.07) is 3.41. The highest BCUT2D eigenvalue weighted by Gasteiger charge is 2.30. The average molecular weight is 280 g/mol. The van der Waals surface area contributed by atoms with Gasteiger partial charge < -0.3 is 0 Å². The number of azide groups is 1. The number of benzene rings is 1. The Morgan fingerprint density at radius 2 is 2.00 bits per heavy atom. The van der Waals surface area contributed by atoms with E-state index >= 15 is 0 Å². The molecule has 0 N–H and O–H groups in total. The van der Waals surface area contributed by atoms with Crippen LogP contribution < -0.4 is 0 Å². The molecule has 0 aliphatic rings. The van der Waals surface area contributed by atoms with Crippen LogP contribution in [-0.4, -0.2) is 0 Å². The maximum Gasteiger partial charge on any atom is 0.416 e. The van der Waals surface area contributed by atoms with Gasteiger partial charge in [-0.15, -0.1) is 0 Å². The van der Waals surface area contributed by atoms with Crippen LogP contribution in [0.2, 0.25) is 0 Å². The fourth-order valence-electron chi connectivity index (χ4n) is 1.02. The predicted octanol–water partition coefficient (Wildman–Crippen LogP) is 4.28. The SMILES string of the molecule is [N-]=[N+]=NCc1cc(Br)cc(C(F)(F)F)c1. The van der Waals surface area contributed by atoms with Gasteiger partial charge in [0.2, 0.25) is 0 Å². The number of rotatable bonds is 2. The van der Waals surface area contributed by atoms with Crippen LogP contribution in [0.5, 0.6) is 0 Å².